The molecule has 0 bridgehead atoms. The van der Waals surface area contributed by atoms with E-state index in [4.69, 9.17) is 10.5 Å². The summed E-state index contributed by atoms with van der Waals surface area (Å²) in [5.74, 6) is 0.750. The molecule has 0 aliphatic heterocycles. The van der Waals surface area contributed by atoms with Gasteiger partial charge in [0.05, 0.1) is 6.10 Å². The Hall–Kier alpha value is -0.0800. The molecule has 0 atom stereocenters. The highest BCUT2D eigenvalue weighted by molar-refractivity contribution is 4.79. The molecule has 0 saturated heterocycles. The molecule has 1 rings (SSSR count). The van der Waals surface area contributed by atoms with E-state index in [1.54, 1.807) is 7.11 Å². The summed E-state index contributed by atoms with van der Waals surface area (Å²) in [5, 5.41) is 0. The first-order valence-electron chi connectivity index (χ1n) is 3.09. The van der Waals surface area contributed by atoms with Gasteiger partial charge in [-0.15, -0.1) is 0 Å². The third kappa shape index (κ3) is 1.01. The quantitative estimate of drug-likeness (QED) is 0.564. The van der Waals surface area contributed by atoms with Crippen LogP contribution in [0.5, 0.6) is 0 Å². The second-order valence-corrected chi connectivity index (χ2v) is 2.43. The molecular weight excluding hydrogens is 102 g/mol. The fraction of sp³-hybridized carbons (Fsp3) is 1.00. The molecule has 1 saturated carbocycles. The summed E-state index contributed by atoms with van der Waals surface area (Å²) in [7, 11) is 1.76. The normalized spacial score (nSPS) is 36.8. The van der Waals surface area contributed by atoms with Crippen LogP contribution in [0.15, 0.2) is 0 Å². The number of rotatable bonds is 2. The lowest BCUT2D eigenvalue weighted by molar-refractivity contribution is 0.00431. The maximum atomic E-state index is 5.40. The second kappa shape index (κ2) is 2.46. The topological polar surface area (TPSA) is 35.2 Å². The highest BCUT2D eigenvalue weighted by Gasteiger charge is 2.26. The SMILES string of the molecule is COC1CC(CN)C1. The molecule has 1 aliphatic rings. The van der Waals surface area contributed by atoms with Crippen molar-refractivity contribution in [3.63, 3.8) is 0 Å². The van der Waals surface area contributed by atoms with Gasteiger partial charge >= 0.3 is 0 Å². The Kier molecular flexibility index (Phi) is 1.86. The van der Waals surface area contributed by atoms with E-state index in [0.717, 1.165) is 12.5 Å². The van der Waals surface area contributed by atoms with Crippen LogP contribution in [-0.2, 0) is 4.74 Å². The Morgan fingerprint density at radius 3 is 2.62 bits per heavy atom. The molecule has 2 nitrogen and oxygen atoms in total. The van der Waals surface area contributed by atoms with Crippen molar-refractivity contribution in [3.05, 3.63) is 0 Å². The van der Waals surface area contributed by atoms with E-state index < -0.39 is 0 Å². The maximum Gasteiger partial charge on any atom is 0.0577 e. The van der Waals surface area contributed by atoms with E-state index >= 15 is 0 Å². The second-order valence-electron chi connectivity index (χ2n) is 2.43. The Balaban J connectivity index is 2.03. The van der Waals surface area contributed by atoms with Crippen LogP contribution in [0.3, 0.4) is 0 Å². The lowest BCUT2D eigenvalue weighted by Gasteiger charge is -2.32. The van der Waals surface area contributed by atoms with Gasteiger partial charge in [-0.25, -0.2) is 0 Å². The third-order valence-corrected chi connectivity index (χ3v) is 1.86. The summed E-state index contributed by atoms with van der Waals surface area (Å²) < 4.78 is 5.06. The van der Waals surface area contributed by atoms with Crippen molar-refractivity contribution in [2.24, 2.45) is 11.7 Å². The average molecular weight is 115 g/mol. The highest BCUT2D eigenvalue weighted by atomic mass is 16.5. The Bertz CT molecular complexity index is 60.9. The monoisotopic (exact) mass is 115 g/mol. The molecule has 0 aromatic heterocycles. The van der Waals surface area contributed by atoms with Crippen LogP contribution in [0.4, 0.5) is 0 Å². The molecule has 0 radical (unpaired) electrons. The van der Waals surface area contributed by atoms with E-state index in [9.17, 15) is 0 Å². The molecule has 8 heavy (non-hydrogen) atoms. The summed E-state index contributed by atoms with van der Waals surface area (Å²) >= 11 is 0. The van der Waals surface area contributed by atoms with Gasteiger partial charge in [0, 0.05) is 7.11 Å². The van der Waals surface area contributed by atoms with Crippen molar-refractivity contribution in [2.45, 2.75) is 18.9 Å². The van der Waals surface area contributed by atoms with Crippen LogP contribution in [0.1, 0.15) is 12.8 Å². The van der Waals surface area contributed by atoms with Crippen LogP contribution in [-0.4, -0.2) is 19.8 Å². The van der Waals surface area contributed by atoms with Gasteiger partial charge < -0.3 is 10.5 Å². The molecule has 1 aliphatic carbocycles. The maximum absolute atomic E-state index is 5.40. The lowest BCUT2D eigenvalue weighted by Crippen LogP contribution is -2.34. The van der Waals surface area contributed by atoms with Crippen molar-refractivity contribution >= 4 is 0 Å². The molecule has 2 N–H and O–H groups in total. The minimum atomic E-state index is 0.517. The molecule has 0 aromatic carbocycles. The zero-order chi connectivity index (χ0) is 5.98. The minimum absolute atomic E-state index is 0.517. The zero-order valence-corrected chi connectivity index (χ0v) is 5.26. The van der Waals surface area contributed by atoms with E-state index in [2.05, 4.69) is 0 Å². The fourth-order valence-electron chi connectivity index (χ4n) is 1.06. The van der Waals surface area contributed by atoms with Crippen LogP contribution in [0, 0.1) is 5.92 Å². The van der Waals surface area contributed by atoms with Gasteiger partial charge in [-0.05, 0) is 25.3 Å². The first-order chi connectivity index (χ1) is 3.86. The van der Waals surface area contributed by atoms with E-state index in [1.807, 2.05) is 0 Å². The third-order valence-electron chi connectivity index (χ3n) is 1.86. The van der Waals surface area contributed by atoms with Crippen LogP contribution < -0.4 is 5.73 Å². The van der Waals surface area contributed by atoms with Gasteiger partial charge in [-0.3, -0.25) is 0 Å². The molecule has 0 aromatic rings. The van der Waals surface area contributed by atoms with Crippen molar-refractivity contribution in [1.82, 2.24) is 0 Å². The van der Waals surface area contributed by atoms with Gasteiger partial charge in [0.1, 0.15) is 0 Å². The first kappa shape index (κ1) is 6.05. The number of ether oxygens (including phenoxy) is 1. The molecule has 1 fully saturated rings. The number of nitrogens with two attached hydrogens (primary N) is 1. The van der Waals surface area contributed by atoms with Gasteiger partial charge in [0.25, 0.3) is 0 Å². The van der Waals surface area contributed by atoms with Gasteiger partial charge in [-0.2, -0.15) is 0 Å². The number of hydrogen-bond donors (Lipinski definition) is 1. The predicted molar refractivity (Wildman–Crippen MR) is 32.6 cm³/mol. The highest BCUT2D eigenvalue weighted by Crippen LogP contribution is 2.27. The van der Waals surface area contributed by atoms with Gasteiger partial charge in [0.15, 0.2) is 0 Å². The molecule has 0 spiro atoms. The predicted octanol–water partition coefficient (Wildman–Crippen LogP) is 0.370. The average Bonchev–Trinajstić information content (AvgIpc) is 1.65. The lowest BCUT2D eigenvalue weighted by atomic mass is 9.82. The van der Waals surface area contributed by atoms with Crippen molar-refractivity contribution in [3.8, 4) is 0 Å². The molecule has 2 heteroatoms. The summed E-state index contributed by atoms with van der Waals surface area (Å²) in [6.07, 6.45) is 2.86. The fourth-order valence-corrected chi connectivity index (χ4v) is 1.06. The Labute approximate surface area is 50.0 Å². The number of hydrogen-bond acceptors (Lipinski definition) is 2. The first-order valence-corrected chi connectivity index (χ1v) is 3.09. The van der Waals surface area contributed by atoms with Crippen molar-refractivity contribution in [2.75, 3.05) is 13.7 Å². The largest absolute Gasteiger partial charge is 0.381 e. The smallest absolute Gasteiger partial charge is 0.0577 e. The minimum Gasteiger partial charge on any atom is -0.381 e. The molecular formula is C6H13NO. The van der Waals surface area contributed by atoms with Crippen molar-refractivity contribution in [1.29, 1.82) is 0 Å². The Morgan fingerprint density at radius 1 is 1.62 bits per heavy atom. The molecule has 48 valence electrons. The van der Waals surface area contributed by atoms with E-state index in [-0.39, 0.29) is 0 Å². The molecule has 0 unspecified atom stereocenters. The molecule has 0 amide bonds. The van der Waals surface area contributed by atoms with Gasteiger partial charge in [-0.1, -0.05) is 0 Å². The summed E-state index contributed by atoms with van der Waals surface area (Å²) in [6.45, 7) is 0.833. The Morgan fingerprint density at radius 2 is 2.25 bits per heavy atom. The van der Waals surface area contributed by atoms with E-state index in [0.29, 0.717) is 6.10 Å². The van der Waals surface area contributed by atoms with Crippen LogP contribution >= 0.6 is 0 Å². The van der Waals surface area contributed by atoms with Gasteiger partial charge in [0.2, 0.25) is 0 Å². The van der Waals surface area contributed by atoms with Crippen LogP contribution in [0.2, 0.25) is 0 Å². The summed E-state index contributed by atoms with van der Waals surface area (Å²) in [5.41, 5.74) is 5.40. The van der Waals surface area contributed by atoms with Crippen LogP contribution in [0.25, 0.3) is 0 Å². The standard InChI is InChI=1S/C6H13NO/c1-8-6-2-5(3-6)4-7/h5-6H,2-4,7H2,1H3. The summed E-state index contributed by atoms with van der Waals surface area (Å²) in [4.78, 5) is 0. The molecule has 0 heterocycles. The van der Waals surface area contributed by atoms with E-state index in [1.165, 1.54) is 12.8 Å². The van der Waals surface area contributed by atoms with Crippen molar-refractivity contribution < 1.29 is 4.74 Å². The number of methoxy groups -OCH3 is 1. The summed E-state index contributed by atoms with van der Waals surface area (Å²) in [6, 6.07) is 0. The zero-order valence-electron chi connectivity index (χ0n) is 5.26.